The summed E-state index contributed by atoms with van der Waals surface area (Å²) in [5.41, 5.74) is 3.26. The number of hydrogen-bond acceptors (Lipinski definition) is 2. The van der Waals surface area contributed by atoms with Crippen LogP contribution in [0.4, 0.5) is 0 Å². The van der Waals surface area contributed by atoms with Crippen LogP contribution in [0, 0.1) is 17.3 Å². The Kier molecular flexibility index (Phi) is 4.13. The molecule has 1 aromatic carbocycles. The zero-order chi connectivity index (χ0) is 15.9. The third-order valence-corrected chi connectivity index (χ3v) is 6.40. The van der Waals surface area contributed by atoms with Gasteiger partial charge in [-0.15, -0.1) is 0 Å². The lowest BCUT2D eigenvalue weighted by Gasteiger charge is -2.48. The predicted octanol–water partition coefficient (Wildman–Crippen LogP) is 5.28. The summed E-state index contributed by atoms with van der Waals surface area (Å²) in [6, 6.07) is 4.08. The van der Waals surface area contributed by atoms with Gasteiger partial charge in [-0.3, -0.25) is 0 Å². The Morgan fingerprint density at radius 2 is 2.05 bits per heavy atom. The van der Waals surface area contributed by atoms with Gasteiger partial charge in [-0.1, -0.05) is 27.2 Å². The topological polar surface area (TPSA) is 29.5 Å². The minimum Gasteiger partial charge on any atom is -0.504 e. The van der Waals surface area contributed by atoms with E-state index < -0.39 is 0 Å². The van der Waals surface area contributed by atoms with Crippen molar-refractivity contribution >= 4 is 0 Å². The first-order chi connectivity index (χ1) is 10.5. The van der Waals surface area contributed by atoms with Crippen LogP contribution in [0.5, 0.6) is 11.5 Å². The zero-order valence-electron chi connectivity index (χ0n) is 14.5. The Labute approximate surface area is 134 Å². The molecule has 1 saturated carbocycles. The van der Waals surface area contributed by atoms with Crippen molar-refractivity contribution < 1.29 is 9.84 Å². The van der Waals surface area contributed by atoms with E-state index in [1.165, 1.54) is 43.2 Å². The summed E-state index contributed by atoms with van der Waals surface area (Å²) in [6.07, 6.45) is 7.51. The smallest absolute Gasteiger partial charge is 0.160 e. The monoisotopic (exact) mass is 302 g/mol. The average Bonchev–Trinajstić information content (AvgIpc) is 2.64. The quantitative estimate of drug-likeness (QED) is 0.805. The van der Waals surface area contributed by atoms with Gasteiger partial charge in [0.2, 0.25) is 0 Å². The number of hydrogen-bond donors (Lipinski definition) is 1. The average molecular weight is 302 g/mol. The molecule has 2 heteroatoms. The number of benzene rings is 1. The lowest BCUT2D eigenvalue weighted by atomic mass is 9.57. The number of aromatic hydroxyl groups is 1. The van der Waals surface area contributed by atoms with Crippen molar-refractivity contribution in [1.29, 1.82) is 0 Å². The van der Waals surface area contributed by atoms with Crippen molar-refractivity contribution in [3.8, 4) is 11.5 Å². The van der Waals surface area contributed by atoms with Gasteiger partial charge in [0.25, 0.3) is 0 Å². The van der Waals surface area contributed by atoms with Crippen LogP contribution in [0.2, 0.25) is 0 Å². The molecule has 2 aliphatic rings. The van der Waals surface area contributed by atoms with E-state index in [9.17, 15) is 5.11 Å². The fourth-order valence-electron chi connectivity index (χ4n) is 5.31. The third-order valence-electron chi connectivity index (χ3n) is 6.40. The van der Waals surface area contributed by atoms with Crippen LogP contribution in [0.3, 0.4) is 0 Å². The van der Waals surface area contributed by atoms with E-state index in [4.69, 9.17) is 4.74 Å². The first-order valence-electron chi connectivity index (χ1n) is 8.87. The Morgan fingerprint density at radius 1 is 1.27 bits per heavy atom. The van der Waals surface area contributed by atoms with E-state index in [1.54, 1.807) is 7.11 Å². The molecule has 0 amide bonds. The van der Waals surface area contributed by atoms with Crippen molar-refractivity contribution in [1.82, 2.24) is 0 Å². The van der Waals surface area contributed by atoms with Crippen molar-refractivity contribution in [3.63, 3.8) is 0 Å². The normalized spacial score (nSPS) is 30.1. The Bertz CT molecular complexity index is 547. The van der Waals surface area contributed by atoms with E-state index >= 15 is 0 Å². The summed E-state index contributed by atoms with van der Waals surface area (Å²) < 4.78 is 5.38. The second-order valence-electron chi connectivity index (χ2n) is 7.93. The van der Waals surface area contributed by atoms with Gasteiger partial charge in [-0.25, -0.2) is 0 Å². The Morgan fingerprint density at radius 3 is 2.73 bits per heavy atom. The van der Waals surface area contributed by atoms with E-state index in [2.05, 4.69) is 26.8 Å². The van der Waals surface area contributed by atoms with E-state index in [1.807, 2.05) is 6.07 Å². The molecule has 122 valence electrons. The maximum Gasteiger partial charge on any atom is 0.160 e. The molecule has 0 aliphatic heterocycles. The molecule has 1 fully saturated rings. The summed E-state index contributed by atoms with van der Waals surface area (Å²) in [7, 11) is 1.65. The minimum absolute atomic E-state index is 0.294. The van der Waals surface area contributed by atoms with Gasteiger partial charge in [0.1, 0.15) is 0 Å². The summed E-state index contributed by atoms with van der Waals surface area (Å²) in [6.45, 7) is 7.28. The number of phenolic OH excluding ortho intramolecular Hbond substituents is 1. The fraction of sp³-hybridized carbons (Fsp3) is 0.700. The molecule has 2 aliphatic carbocycles. The lowest BCUT2D eigenvalue weighted by molar-refractivity contribution is 0.0490. The van der Waals surface area contributed by atoms with E-state index in [0.717, 1.165) is 18.3 Å². The summed E-state index contributed by atoms with van der Waals surface area (Å²) >= 11 is 0. The predicted molar refractivity (Wildman–Crippen MR) is 90.6 cm³/mol. The second-order valence-corrected chi connectivity index (χ2v) is 7.93. The van der Waals surface area contributed by atoms with Crippen molar-refractivity contribution in [3.05, 3.63) is 23.3 Å². The summed E-state index contributed by atoms with van der Waals surface area (Å²) in [5.74, 6) is 3.16. The molecule has 22 heavy (non-hydrogen) atoms. The van der Waals surface area contributed by atoms with E-state index in [0.29, 0.717) is 22.8 Å². The van der Waals surface area contributed by atoms with Gasteiger partial charge in [-0.2, -0.15) is 0 Å². The number of fused-ring (bicyclic) bond motifs is 3. The largest absolute Gasteiger partial charge is 0.504 e. The molecular weight excluding hydrogens is 272 g/mol. The molecular formula is C20H30O2. The molecule has 3 atom stereocenters. The van der Waals surface area contributed by atoms with Gasteiger partial charge in [-0.05, 0) is 78.5 Å². The maximum absolute atomic E-state index is 10.1. The standard InChI is InChI=1S/C20H30O2/c1-5-17-15-8-6-7-13-11-18(21)19(22-4)12-16(13)14(15)9-10-20(17,2)3/h11-12,14-15,17,21H,5-10H2,1-4H3. The Balaban J connectivity index is 2.04. The molecule has 0 heterocycles. The second kappa shape index (κ2) is 5.79. The van der Waals surface area contributed by atoms with Crippen LogP contribution in [0.15, 0.2) is 12.1 Å². The zero-order valence-corrected chi connectivity index (χ0v) is 14.5. The van der Waals surface area contributed by atoms with Gasteiger partial charge in [0, 0.05) is 0 Å². The van der Waals surface area contributed by atoms with Crippen molar-refractivity contribution in [2.45, 2.75) is 65.2 Å². The van der Waals surface area contributed by atoms with Crippen molar-refractivity contribution in [2.24, 2.45) is 17.3 Å². The molecule has 1 aromatic rings. The van der Waals surface area contributed by atoms with E-state index in [-0.39, 0.29) is 0 Å². The fourth-order valence-corrected chi connectivity index (χ4v) is 5.31. The number of aryl methyl sites for hydroxylation is 1. The number of methoxy groups -OCH3 is 1. The highest BCUT2D eigenvalue weighted by atomic mass is 16.5. The van der Waals surface area contributed by atoms with Crippen molar-refractivity contribution in [2.75, 3.05) is 7.11 Å². The third kappa shape index (κ3) is 2.51. The minimum atomic E-state index is 0.294. The highest BCUT2D eigenvalue weighted by molar-refractivity contribution is 5.48. The van der Waals surface area contributed by atoms with Gasteiger partial charge in [0.15, 0.2) is 11.5 Å². The number of phenols is 1. The first kappa shape index (κ1) is 15.7. The van der Waals surface area contributed by atoms with Gasteiger partial charge >= 0.3 is 0 Å². The number of ether oxygens (including phenoxy) is 1. The summed E-state index contributed by atoms with van der Waals surface area (Å²) in [5, 5.41) is 10.1. The van der Waals surface area contributed by atoms with Crippen LogP contribution in [-0.4, -0.2) is 12.2 Å². The highest BCUT2D eigenvalue weighted by Gasteiger charge is 2.44. The maximum atomic E-state index is 10.1. The number of rotatable bonds is 2. The SMILES string of the molecule is CCC1C2CCCc3cc(O)c(OC)cc3C2CCC1(C)C. The molecule has 2 nitrogen and oxygen atoms in total. The van der Waals surface area contributed by atoms with Crippen LogP contribution in [-0.2, 0) is 6.42 Å². The molecule has 0 saturated heterocycles. The lowest BCUT2D eigenvalue weighted by Crippen LogP contribution is -2.38. The van der Waals surface area contributed by atoms with Crippen LogP contribution >= 0.6 is 0 Å². The van der Waals surface area contributed by atoms with Gasteiger partial charge in [0.05, 0.1) is 7.11 Å². The first-order valence-corrected chi connectivity index (χ1v) is 8.87. The molecule has 3 unspecified atom stereocenters. The highest BCUT2D eigenvalue weighted by Crippen LogP contribution is 2.55. The molecule has 0 aromatic heterocycles. The molecule has 0 radical (unpaired) electrons. The molecule has 0 bridgehead atoms. The summed E-state index contributed by atoms with van der Waals surface area (Å²) in [4.78, 5) is 0. The Hall–Kier alpha value is -1.18. The van der Waals surface area contributed by atoms with Gasteiger partial charge < -0.3 is 9.84 Å². The van der Waals surface area contributed by atoms with Crippen LogP contribution in [0.1, 0.15) is 69.9 Å². The molecule has 3 rings (SSSR count). The van der Waals surface area contributed by atoms with Crippen LogP contribution in [0.25, 0.3) is 0 Å². The van der Waals surface area contributed by atoms with Crippen LogP contribution < -0.4 is 4.74 Å². The molecule has 1 N–H and O–H groups in total. The molecule has 0 spiro atoms.